The fourth-order valence-corrected chi connectivity index (χ4v) is 2.98. The van der Waals surface area contributed by atoms with Gasteiger partial charge in [-0.2, -0.15) is 0 Å². The molecule has 1 saturated heterocycles. The minimum Gasteiger partial charge on any atom is -0.366 e. The predicted molar refractivity (Wildman–Crippen MR) is 95.9 cm³/mol. The molecule has 0 aliphatic carbocycles. The van der Waals surface area contributed by atoms with Crippen LogP contribution in [-0.4, -0.2) is 65.6 Å². The van der Waals surface area contributed by atoms with Crippen LogP contribution >= 0.6 is 0 Å². The molecule has 1 aliphatic heterocycles. The van der Waals surface area contributed by atoms with Crippen molar-refractivity contribution in [3.8, 4) is 0 Å². The summed E-state index contributed by atoms with van der Waals surface area (Å²) in [5, 5.41) is 3.54. The number of aryl methyl sites for hydroxylation is 1. The first-order valence-corrected chi connectivity index (χ1v) is 8.52. The third kappa shape index (κ3) is 4.18. The van der Waals surface area contributed by atoms with Crippen molar-refractivity contribution < 1.29 is 0 Å². The Bertz CT molecular complexity index is 649. The van der Waals surface area contributed by atoms with Crippen LogP contribution in [0, 0.1) is 6.92 Å². The first kappa shape index (κ1) is 16.1. The Hall–Kier alpha value is -1.72. The van der Waals surface area contributed by atoms with Crippen LogP contribution in [0.2, 0.25) is 0 Å². The van der Waals surface area contributed by atoms with Crippen LogP contribution in [0.1, 0.15) is 19.0 Å². The summed E-state index contributed by atoms with van der Waals surface area (Å²) in [5.74, 6) is 0.912. The van der Waals surface area contributed by atoms with Crippen LogP contribution in [0.5, 0.6) is 0 Å². The van der Waals surface area contributed by atoms with Crippen LogP contribution in [0.15, 0.2) is 24.3 Å². The van der Waals surface area contributed by atoms with Crippen LogP contribution < -0.4 is 5.32 Å². The molecule has 0 bridgehead atoms. The van der Waals surface area contributed by atoms with Crippen molar-refractivity contribution in [3.63, 3.8) is 0 Å². The number of hydrogen-bond donors (Lipinski definition) is 1. The van der Waals surface area contributed by atoms with E-state index in [1.807, 2.05) is 31.2 Å². The molecule has 1 N–H and O–H groups in total. The molecule has 23 heavy (non-hydrogen) atoms. The number of benzene rings is 1. The Morgan fingerprint density at radius 2 is 1.74 bits per heavy atom. The molecular formula is C18H27N5. The molecule has 2 heterocycles. The molecule has 2 aromatic rings. The highest BCUT2D eigenvalue weighted by atomic mass is 15.2. The van der Waals surface area contributed by atoms with E-state index >= 15 is 0 Å². The van der Waals surface area contributed by atoms with Crippen LogP contribution in [0.25, 0.3) is 11.0 Å². The molecule has 1 aromatic heterocycles. The first-order valence-electron chi connectivity index (χ1n) is 8.52. The molecule has 0 radical (unpaired) electrons. The monoisotopic (exact) mass is 313 g/mol. The first-order chi connectivity index (χ1) is 11.1. The van der Waals surface area contributed by atoms with Gasteiger partial charge in [-0.15, -0.1) is 0 Å². The summed E-state index contributed by atoms with van der Waals surface area (Å²) in [7, 11) is 2.20. The fraction of sp³-hybridized carbons (Fsp3) is 0.556. The summed E-state index contributed by atoms with van der Waals surface area (Å²) in [4.78, 5) is 14.3. The molecule has 124 valence electrons. The van der Waals surface area contributed by atoms with Crippen LogP contribution in [0.3, 0.4) is 0 Å². The quantitative estimate of drug-likeness (QED) is 0.918. The average Bonchev–Trinajstić information content (AvgIpc) is 2.55. The zero-order valence-corrected chi connectivity index (χ0v) is 14.4. The lowest BCUT2D eigenvalue weighted by Crippen LogP contribution is -2.45. The zero-order valence-electron chi connectivity index (χ0n) is 14.4. The van der Waals surface area contributed by atoms with Gasteiger partial charge in [-0.3, -0.25) is 0 Å². The van der Waals surface area contributed by atoms with Crippen molar-refractivity contribution in [2.24, 2.45) is 0 Å². The minimum atomic E-state index is 0.392. The van der Waals surface area contributed by atoms with Crippen LogP contribution in [-0.2, 0) is 0 Å². The molecule has 1 unspecified atom stereocenters. The van der Waals surface area contributed by atoms with E-state index in [0.717, 1.165) is 35.5 Å². The number of aromatic nitrogens is 2. The van der Waals surface area contributed by atoms with E-state index in [0.29, 0.717) is 6.04 Å². The highest BCUT2D eigenvalue weighted by molar-refractivity contribution is 5.76. The lowest BCUT2D eigenvalue weighted by molar-refractivity contribution is 0.151. The van der Waals surface area contributed by atoms with Crippen molar-refractivity contribution in [3.05, 3.63) is 30.0 Å². The zero-order chi connectivity index (χ0) is 16.2. The van der Waals surface area contributed by atoms with Gasteiger partial charge in [-0.1, -0.05) is 12.1 Å². The van der Waals surface area contributed by atoms with E-state index in [2.05, 4.69) is 34.1 Å². The Kier molecular flexibility index (Phi) is 5.08. The summed E-state index contributed by atoms with van der Waals surface area (Å²) in [6, 6.07) is 8.43. The lowest BCUT2D eigenvalue weighted by Gasteiger charge is -2.33. The van der Waals surface area contributed by atoms with Crippen molar-refractivity contribution in [2.45, 2.75) is 26.3 Å². The number of piperazine rings is 1. The van der Waals surface area contributed by atoms with E-state index in [1.165, 1.54) is 26.2 Å². The molecule has 5 heteroatoms. The molecule has 1 fully saturated rings. The number of nitrogens with one attached hydrogen (secondary N) is 1. The van der Waals surface area contributed by atoms with E-state index in [-0.39, 0.29) is 0 Å². The Morgan fingerprint density at radius 1 is 1.09 bits per heavy atom. The topological polar surface area (TPSA) is 44.3 Å². The van der Waals surface area contributed by atoms with Gasteiger partial charge in [0.1, 0.15) is 5.82 Å². The molecule has 0 saturated carbocycles. The lowest BCUT2D eigenvalue weighted by atomic mass is 10.2. The Labute approximate surface area is 138 Å². The molecule has 1 atom stereocenters. The summed E-state index contributed by atoms with van der Waals surface area (Å²) < 4.78 is 0. The number of anilines is 1. The fourth-order valence-electron chi connectivity index (χ4n) is 2.98. The second kappa shape index (κ2) is 7.23. The molecule has 0 amide bonds. The Balaban J connectivity index is 1.57. The number of hydrogen-bond acceptors (Lipinski definition) is 5. The van der Waals surface area contributed by atoms with Gasteiger partial charge in [0, 0.05) is 38.8 Å². The highest BCUT2D eigenvalue weighted by Crippen LogP contribution is 2.17. The van der Waals surface area contributed by atoms with E-state index in [4.69, 9.17) is 4.98 Å². The maximum Gasteiger partial charge on any atom is 0.148 e. The van der Waals surface area contributed by atoms with E-state index in [9.17, 15) is 0 Å². The van der Waals surface area contributed by atoms with Gasteiger partial charge in [0.05, 0.1) is 16.7 Å². The number of para-hydroxylation sites is 2. The van der Waals surface area contributed by atoms with Gasteiger partial charge < -0.3 is 15.1 Å². The molecule has 0 spiro atoms. The Morgan fingerprint density at radius 3 is 2.43 bits per heavy atom. The number of rotatable bonds is 5. The molecular weight excluding hydrogens is 286 g/mol. The molecule has 1 aromatic carbocycles. The van der Waals surface area contributed by atoms with Gasteiger partial charge in [0.2, 0.25) is 0 Å². The molecule has 5 nitrogen and oxygen atoms in total. The van der Waals surface area contributed by atoms with E-state index < -0.39 is 0 Å². The minimum absolute atomic E-state index is 0.392. The number of likely N-dealkylation sites (N-methyl/N-ethyl adjacent to an activating group) is 1. The normalized spacial score (nSPS) is 18.2. The summed E-state index contributed by atoms with van der Waals surface area (Å²) in [6.45, 7) is 10.1. The third-order valence-corrected chi connectivity index (χ3v) is 4.60. The van der Waals surface area contributed by atoms with Gasteiger partial charge >= 0.3 is 0 Å². The highest BCUT2D eigenvalue weighted by Gasteiger charge is 2.15. The van der Waals surface area contributed by atoms with Crippen molar-refractivity contribution in [2.75, 3.05) is 45.1 Å². The predicted octanol–water partition coefficient (Wildman–Crippen LogP) is 2.38. The summed E-state index contributed by atoms with van der Waals surface area (Å²) in [5.41, 5.74) is 2.88. The average molecular weight is 313 g/mol. The van der Waals surface area contributed by atoms with Crippen molar-refractivity contribution in [1.29, 1.82) is 0 Å². The van der Waals surface area contributed by atoms with E-state index in [1.54, 1.807) is 0 Å². The SMILES string of the molecule is Cc1nc2ccccc2nc1NC(C)CCN1CCN(C)CC1. The summed E-state index contributed by atoms with van der Waals surface area (Å²) in [6.07, 6.45) is 1.12. The third-order valence-electron chi connectivity index (χ3n) is 4.60. The van der Waals surface area contributed by atoms with Crippen molar-refractivity contribution >= 4 is 16.9 Å². The largest absolute Gasteiger partial charge is 0.366 e. The number of nitrogens with zero attached hydrogens (tertiary/aromatic N) is 4. The van der Waals surface area contributed by atoms with Gasteiger partial charge in [0.15, 0.2) is 0 Å². The smallest absolute Gasteiger partial charge is 0.148 e. The second-order valence-corrected chi connectivity index (χ2v) is 6.63. The molecule has 3 rings (SSSR count). The standard InChI is InChI=1S/C18H27N5/c1-14(8-9-23-12-10-22(3)11-13-23)19-18-15(2)20-16-6-4-5-7-17(16)21-18/h4-7,14H,8-13H2,1-3H3,(H,19,21). The van der Waals surface area contributed by atoms with Gasteiger partial charge in [0.25, 0.3) is 0 Å². The van der Waals surface area contributed by atoms with Gasteiger partial charge in [-0.05, 0) is 39.4 Å². The van der Waals surface area contributed by atoms with Crippen molar-refractivity contribution in [1.82, 2.24) is 19.8 Å². The molecule has 1 aliphatic rings. The summed E-state index contributed by atoms with van der Waals surface area (Å²) >= 11 is 0. The van der Waals surface area contributed by atoms with Crippen LogP contribution in [0.4, 0.5) is 5.82 Å². The second-order valence-electron chi connectivity index (χ2n) is 6.63. The van der Waals surface area contributed by atoms with Gasteiger partial charge in [-0.25, -0.2) is 9.97 Å². The number of fused-ring (bicyclic) bond motifs is 1. The maximum absolute atomic E-state index is 4.73. The maximum atomic E-state index is 4.73.